The number of aromatic nitrogens is 2. The van der Waals surface area contributed by atoms with Gasteiger partial charge in [-0.1, -0.05) is 0 Å². The molecule has 1 aromatic rings. The van der Waals surface area contributed by atoms with Crippen molar-refractivity contribution in [3.63, 3.8) is 0 Å². The molecule has 1 saturated heterocycles. The Morgan fingerprint density at radius 3 is 3.06 bits per heavy atom. The molecule has 0 unspecified atom stereocenters. The Bertz CT molecular complexity index is 373. The summed E-state index contributed by atoms with van der Waals surface area (Å²) < 4.78 is 7.53. The smallest absolute Gasteiger partial charge is 0.246 e. The van der Waals surface area contributed by atoms with E-state index in [0.717, 1.165) is 26.1 Å². The first kappa shape index (κ1) is 13.0. The highest BCUT2D eigenvalue weighted by molar-refractivity contribution is 5.77. The number of nitrogens with zero attached hydrogens (tertiary/aromatic N) is 2. The number of amides is 1. The van der Waals surface area contributed by atoms with Crippen LogP contribution in [0.25, 0.3) is 0 Å². The van der Waals surface area contributed by atoms with Gasteiger partial charge < -0.3 is 19.9 Å². The molecule has 100 valence electrons. The maximum absolute atomic E-state index is 11.5. The highest BCUT2D eigenvalue weighted by Crippen LogP contribution is 2.14. The van der Waals surface area contributed by atoms with Gasteiger partial charge in [0.1, 0.15) is 6.61 Å². The Hall–Kier alpha value is -1.40. The number of nitrogens with one attached hydrogen (secondary N) is 2. The first-order chi connectivity index (χ1) is 8.68. The van der Waals surface area contributed by atoms with E-state index in [-0.39, 0.29) is 18.1 Å². The molecule has 0 saturated carbocycles. The lowest BCUT2D eigenvalue weighted by atomic mass is 10.0. The molecule has 0 radical (unpaired) electrons. The van der Waals surface area contributed by atoms with E-state index in [1.54, 1.807) is 12.5 Å². The number of ether oxygens (including phenoxy) is 1. The fourth-order valence-corrected chi connectivity index (χ4v) is 1.78. The normalized spacial score (nSPS) is 17.2. The molecule has 0 atom stereocenters. The Labute approximate surface area is 107 Å². The summed E-state index contributed by atoms with van der Waals surface area (Å²) in [4.78, 5) is 15.5. The predicted molar refractivity (Wildman–Crippen MR) is 67.1 cm³/mol. The average Bonchev–Trinajstić information content (AvgIpc) is 2.82. The van der Waals surface area contributed by atoms with Gasteiger partial charge in [-0.3, -0.25) is 4.79 Å². The van der Waals surface area contributed by atoms with Crippen molar-refractivity contribution in [3.05, 3.63) is 18.7 Å². The van der Waals surface area contributed by atoms with Crippen LogP contribution in [0.1, 0.15) is 13.3 Å². The summed E-state index contributed by atoms with van der Waals surface area (Å²) in [5, 5.41) is 5.98. The maximum atomic E-state index is 11.5. The number of imidazole rings is 1. The van der Waals surface area contributed by atoms with Crippen LogP contribution in [0.2, 0.25) is 0 Å². The maximum Gasteiger partial charge on any atom is 0.246 e. The van der Waals surface area contributed by atoms with Crippen LogP contribution in [0.3, 0.4) is 0 Å². The van der Waals surface area contributed by atoms with Crippen LogP contribution in [0.5, 0.6) is 0 Å². The van der Waals surface area contributed by atoms with E-state index < -0.39 is 0 Å². The van der Waals surface area contributed by atoms with Crippen LogP contribution in [0, 0.1) is 0 Å². The van der Waals surface area contributed by atoms with Gasteiger partial charge in [0, 0.05) is 38.6 Å². The largest absolute Gasteiger partial charge is 0.363 e. The summed E-state index contributed by atoms with van der Waals surface area (Å²) in [6.45, 7) is 5.32. The topological polar surface area (TPSA) is 68.2 Å². The van der Waals surface area contributed by atoms with Crippen LogP contribution in [-0.4, -0.2) is 47.3 Å². The van der Waals surface area contributed by atoms with Crippen molar-refractivity contribution in [2.24, 2.45) is 0 Å². The fraction of sp³-hybridized carbons (Fsp3) is 0.667. The highest BCUT2D eigenvalue weighted by atomic mass is 16.5. The van der Waals surface area contributed by atoms with Gasteiger partial charge in [0.15, 0.2) is 0 Å². The minimum atomic E-state index is -0.159. The molecule has 1 aromatic heterocycles. The lowest BCUT2D eigenvalue weighted by Crippen LogP contribution is -2.59. The second kappa shape index (κ2) is 5.97. The first-order valence-electron chi connectivity index (χ1n) is 6.25. The molecule has 0 aromatic carbocycles. The van der Waals surface area contributed by atoms with Crippen molar-refractivity contribution < 1.29 is 9.53 Å². The van der Waals surface area contributed by atoms with E-state index in [9.17, 15) is 4.79 Å². The van der Waals surface area contributed by atoms with Crippen molar-refractivity contribution in [1.82, 2.24) is 20.2 Å². The molecule has 2 N–H and O–H groups in total. The van der Waals surface area contributed by atoms with E-state index in [0.29, 0.717) is 6.54 Å². The summed E-state index contributed by atoms with van der Waals surface area (Å²) in [6, 6.07) is 0. The zero-order valence-electron chi connectivity index (χ0n) is 10.7. The van der Waals surface area contributed by atoms with Crippen LogP contribution >= 0.6 is 0 Å². The minimum absolute atomic E-state index is 0.0474. The Morgan fingerprint density at radius 1 is 1.61 bits per heavy atom. The van der Waals surface area contributed by atoms with Crippen LogP contribution < -0.4 is 10.6 Å². The van der Waals surface area contributed by atoms with Gasteiger partial charge in [-0.15, -0.1) is 0 Å². The first-order valence-corrected chi connectivity index (χ1v) is 6.25. The molecule has 0 bridgehead atoms. The Kier molecular flexibility index (Phi) is 4.33. The number of rotatable bonds is 7. The standard InChI is InChI=1S/C12H20N4O2/c1-12(8-14-9-12)18-7-11(17)15-3-2-5-16-6-4-13-10-16/h4,6,10,14H,2-3,5,7-9H2,1H3,(H,15,17). The van der Waals surface area contributed by atoms with E-state index >= 15 is 0 Å². The Morgan fingerprint density at radius 2 is 2.44 bits per heavy atom. The zero-order chi connectivity index (χ0) is 12.8. The summed E-state index contributed by atoms with van der Waals surface area (Å²) >= 11 is 0. The molecule has 6 heteroatoms. The van der Waals surface area contributed by atoms with Gasteiger partial charge >= 0.3 is 0 Å². The van der Waals surface area contributed by atoms with Gasteiger partial charge in [0.2, 0.25) is 5.91 Å². The molecule has 18 heavy (non-hydrogen) atoms. The molecular formula is C12H20N4O2. The molecule has 0 aliphatic carbocycles. The molecule has 1 aliphatic rings. The minimum Gasteiger partial charge on any atom is -0.363 e. The summed E-state index contributed by atoms with van der Waals surface area (Å²) in [7, 11) is 0. The fourth-order valence-electron chi connectivity index (χ4n) is 1.78. The summed E-state index contributed by atoms with van der Waals surface area (Å²) in [5.41, 5.74) is -0.159. The van der Waals surface area contributed by atoms with Gasteiger partial charge in [0.05, 0.1) is 11.9 Å². The third-order valence-corrected chi connectivity index (χ3v) is 3.02. The van der Waals surface area contributed by atoms with Gasteiger partial charge in [0.25, 0.3) is 0 Å². The molecule has 2 rings (SSSR count). The van der Waals surface area contributed by atoms with Crippen molar-refractivity contribution in [1.29, 1.82) is 0 Å². The van der Waals surface area contributed by atoms with Crippen molar-refractivity contribution in [3.8, 4) is 0 Å². The molecule has 0 spiro atoms. The second-order valence-electron chi connectivity index (χ2n) is 4.85. The summed E-state index contributed by atoms with van der Waals surface area (Å²) in [6.07, 6.45) is 6.32. The van der Waals surface area contributed by atoms with Crippen LogP contribution in [0.4, 0.5) is 0 Å². The van der Waals surface area contributed by atoms with Crippen LogP contribution in [-0.2, 0) is 16.1 Å². The number of hydrogen-bond donors (Lipinski definition) is 2. The predicted octanol–water partition coefficient (Wildman–Crippen LogP) is -0.232. The molecule has 1 amide bonds. The SMILES string of the molecule is CC1(OCC(=O)NCCCn2ccnc2)CNC1. The molecular weight excluding hydrogens is 232 g/mol. The average molecular weight is 252 g/mol. The number of aryl methyl sites for hydroxylation is 1. The Balaban J connectivity index is 1.52. The van der Waals surface area contributed by atoms with Gasteiger partial charge in [-0.25, -0.2) is 4.98 Å². The van der Waals surface area contributed by atoms with E-state index in [2.05, 4.69) is 15.6 Å². The van der Waals surface area contributed by atoms with Crippen molar-refractivity contribution in [2.75, 3.05) is 26.2 Å². The quantitative estimate of drug-likeness (QED) is 0.658. The van der Waals surface area contributed by atoms with E-state index in [1.165, 1.54) is 0 Å². The van der Waals surface area contributed by atoms with Crippen molar-refractivity contribution >= 4 is 5.91 Å². The highest BCUT2D eigenvalue weighted by Gasteiger charge is 2.32. The summed E-state index contributed by atoms with van der Waals surface area (Å²) in [5.74, 6) is -0.0474. The lowest BCUT2D eigenvalue weighted by molar-refractivity contribution is -0.135. The molecule has 2 heterocycles. The second-order valence-corrected chi connectivity index (χ2v) is 4.85. The number of carbonyl (C=O) groups excluding carboxylic acids is 1. The lowest BCUT2D eigenvalue weighted by Gasteiger charge is -2.38. The third-order valence-electron chi connectivity index (χ3n) is 3.02. The van der Waals surface area contributed by atoms with E-state index in [1.807, 2.05) is 17.7 Å². The molecule has 1 fully saturated rings. The van der Waals surface area contributed by atoms with Gasteiger partial charge in [-0.2, -0.15) is 0 Å². The number of carbonyl (C=O) groups is 1. The monoisotopic (exact) mass is 252 g/mol. The van der Waals surface area contributed by atoms with E-state index in [4.69, 9.17) is 4.74 Å². The molecule has 6 nitrogen and oxygen atoms in total. The van der Waals surface area contributed by atoms with Crippen molar-refractivity contribution in [2.45, 2.75) is 25.5 Å². The third kappa shape index (κ3) is 3.82. The number of hydrogen-bond acceptors (Lipinski definition) is 4. The molecule has 1 aliphatic heterocycles. The van der Waals surface area contributed by atoms with Gasteiger partial charge in [-0.05, 0) is 13.3 Å². The zero-order valence-corrected chi connectivity index (χ0v) is 10.7. The van der Waals surface area contributed by atoms with Crippen LogP contribution in [0.15, 0.2) is 18.7 Å².